The van der Waals surface area contributed by atoms with Crippen molar-refractivity contribution in [1.82, 2.24) is 4.98 Å². The number of hydrogen-bond donors (Lipinski definition) is 2. The summed E-state index contributed by atoms with van der Waals surface area (Å²) in [6.45, 7) is 0.792. The van der Waals surface area contributed by atoms with E-state index >= 15 is 0 Å². The first-order chi connectivity index (χ1) is 9.90. The molecule has 0 unspecified atom stereocenters. The number of nitrogens with zero attached hydrogens (tertiary/aromatic N) is 2. The monoisotopic (exact) mass is 328 g/mol. The summed E-state index contributed by atoms with van der Waals surface area (Å²) in [6, 6.07) is 14.7. The van der Waals surface area contributed by atoms with Crippen LogP contribution in [0, 0.1) is 0 Å². The van der Waals surface area contributed by atoms with Gasteiger partial charge in [0.15, 0.2) is 0 Å². The Hall–Kier alpha value is -2.10. The van der Waals surface area contributed by atoms with Gasteiger partial charge in [-0.1, -0.05) is 0 Å². The van der Waals surface area contributed by atoms with E-state index in [-0.39, 0.29) is 14.6 Å². The van der Waals surface area contributed by atoms with Crippen molar-refractivity contribution >= 4 is 42.5 Å². The molecule has 20 heavy (non-hydrogen) atoms. The number of nitrogens with one attached hydrogen (secondary N) is 2. The van der Waals surface area contributed by atoms with Crippen LogP contribution >= 0.6 is 0 Å². The number of rotatable bonds is 3. The number of aromatic amines is 1. The third-order valence-corrected chi connectivity index (χ3v) is 4.53. The molecule has 1 aromatic heterocycles. The molecular formula is C15H12N4Se. The maximum absolute atomic E-state index is 4.48. The molecule has 2 aromatic carbocycles. The van der Waals surface area contributed by atoms with Crippen molar-refractivity contribution in [3.63, 3.8) is 0 Å². The van der Waals surface area contributed by atoms with E-state index < -0.39 is 0 Å². The summed E-state index contributed by atoms with van der Waals surface area (Å²) >= 11 is 0.0180. The van der Waals surface area contributed by atoms with Crippen molar-refractivity contribution in [2.24, 2.45) is 7.92 Å². The van der Waals surface area contributed by atoms with Crippen LogP contribution in [0.5, 0.6) is 0 Å². The number of aromatic nitrogens is 1. The van der Waals surface area contributed by atoms with Gasteiger partial charge in [0.1, 0.15) is 0 Å². The second kappa shape index (κ2) is 4.78. The molecule has 0 saturated heterocycles. The third kappa shape index (κ3) is 2.01. The summed E-state index contributed by atoms with van der Waals surface area (Å²) in [5, 5.41) is 4.71. The summed E-state index contributed by atoms with van der Waals surface area (Å²) in [4.78, 5) is 3.21. The normalized spacial score (nSPS) is 12.4. The molecule has 0 spiro atoms. The molecule has 98 valence electrons. The molecule has 4 nitrogen and oxygen atoms in total. The fourth-order valence-corrected chi connectivity index (χ4v) is 3.51. The van der Waals surface area contributed by atoms with Gasteiger partial charge in [0, 0.05) is 0 Å². The van der Waals surface area contributed by atoms with Gasteiger partial charge in [-0.2, -0.15) is 0 Å². The first-order valence-corrected chi connectivity index (χ1v) is 7.94. The Morgan fingerprint density at radius 2 is 2.10 bits per heavy atom. The van der Waals surface area contributed by atoms with Gasteiger partial charge in [-0.15, -0.1) is 0 Å². The van der Waals surface area contributed by atoms with Crippen LogP contribution in [0.1, 0.15) is 5.56 Å². The molecule has 5 heteroatoms. The van der Waals surface area contributed by atoms with Crippen molar-refractivity contribution in [1.29, 1.82) is 0 Å². The maximum atomic E-state index is 4.48. The molecule has 0 amide bonds. The summed E-state index contributed by atoms with van der Waals surface area (Å²) in [5.74, 6) is 0. The molecule has 4 rings (SSSR count). The van der Waals surface area contributed by atoms with E-state index in [4.69, 9.17) is 0 Å². The van der Waals surface area contributed by atoms with Crippen molar-refractivity contribution in [3.8, 4) is 0 Å². The Kier molecular flexibility index (Phi) is 2.80. The van der Waals surface area contributed by atoms with E-state index in [1.54, 1.807) is 0 Å². The van der Waals surface area contributed by atoms with E-state index in [1.165, 1.54) is 16.5 Å². The van der Waals surface area contributed by atoms with Gasteiger partial charge >= 0.3 is 122 Å². The number of fused-ring (bicyclic) bond motifs is 2. The number of anilines is 1. The van der Waals surface area contributed by atoms with Gasteiger partial charge < -0.3 is 0 Å². The average molecular weight is 327 g/mol. The summed E-state index contributed by atoms with van der Waals surface area (Å²) in [5.41, 5.74) is 5.52. The van der Waals surface area contributed by atoms with Crippen LogP contribution in [0.2, 0.25) is 0 Å². The van der Waals surface area contributed by atoms with Gasteiger partial charge in [0.25, 0.3) is 0 Å². The van der Waals surface area contributed by atoms with Crippen LogP contribution in [-0.2, 0) is 6.54 Å². The molecule has 0 radical (unpaired) electrons. The fourth-order valence-electron chi connectivity index (χ4n) is 2.36. The summed E-state index contributed by atoms with van der Waals surface area (Å²) < 4.78 is 8.88. The van der Waals surface area contributed by atoms with E-state index in [1.807, 2.05) is 18.3 Å². The molecule has 2 heterocycles. The standard InChI is InChI=1S/C15H12N4Se/c1-2-13(15-14(3-1)18-20-19-15)17-9-10-4-5-12-11(8-10)6-7-16-12/h1-8,16-17H,9H2. The zero-order valence-corrected chi connectivity index (χ0v) is 12.3. The Bertz CT molecular complexity index is 859. The Morgan fingerprint density at radius 1 is 1.10 bits per heavy atom. The Labute approximate surface area is 122 Å². The Morgan fingerprint density at radius 3 is 3.10 bits per heavy atom. The Balaban J connectivity index is 1.58. The topological polar surface area (TPSA) is 52.5 Å². The van der Waals surface area contributed by atoms with Crippen molar-refractivity contribution in [3.05, 3.63) is 54.2 Å². The van der Waals surface area contributed by atoms with Gasteiger partial charge in [0.2, 0.25) is 0 Å². The van der Waals surface area contributed by atoms with Crippen LogP contribution in [-0.4, -0.2) is 19.6 Å². The first kappa shape index (κ1) is 11.7. The molecule has 0 aliphatic carbocycles. The van der Waals surface area contributed by atoms with E-state index in [9.17, 15) is 0 Å². The number of benzene rings is 2. The van der Waals surface area contributed by atoms with Crippen LogP contribution in [0.4, 0.5) is 17.1 Å². The molecule has 0 bridgehead atoms. The zero-order valence-electron chi connectivity index (χ0n) is 10.6. The van der Waals surface area contributed by atoms with Crippen LogP contribution in [0.3, 0.4) is 0 Å². The third-order valence-electron chi connectivity index (χ3n) is 3.39. The molecular weight excluding hydrogens is 315 g/mol. The van der Waals surface area contributed by atoms with Crippen LogP contribution < -0.4 is 5.32 Å². The van der Waals surface area contributed by atoms with E-state index in [0.717, 1.165) is 23.6 Å². The van der Waals surface area contributed by atoms with Gasteiger partial charge in [0.05, 0.1) is 0 Å². The second-order valence-electron chi connectivity index (χ2n) is 4.69. The predicted molar refractivity (Wildman–Crippen MR) is 82.0 cm³/mol. The average Bonchev–Trinajstić information content (AvgIpc) is 3.13. The molecule has 0 atom stereocenters. The van der Waals surface area contributed by atoms with Crippen molar-refractivity contribution in [2.45, 2.75) is 6.54 Å². The second-order valence-corrected chi connectivity index (χ2v) is 5.80. The van der Waals surface area contributed by atoms with Gasteiger partial charge in [-0.05, 0) is 0 Å². The molecule has 3 aromatic rings. The minimum absolute atomic E-state index is 0.0180. The zero-order chi connectivity index (χ0) is 13.4. The SMILES string of the molecule is c1cc2c(c(NCc3ccc4[nH]ccc4c3)c1)N=[Se]=N2. The quantitative estimate of drug-likeness (QED) is 0.546. The molecule has 1 aliphatic rings. The summed E-state index contributed by atoms with van der Waals surface area (Å²) in [7, 11) is 0. The van der Waals surface area contributed by atoms with Crippen molar-refractivity contribution < 1.29 is 0 Å². The van der Waals surface area contributed by atoms with Crippen LogP contribution in [0.15, 0.2) is 56.6 Å². The molecule has 0 saturated carbocycles. The predicted octanol–water partition coefficient (Wildman–Crippen LogP) is 4.13. The number of H-pyrrole nitrogens is 1. The first-order valence-electron chi connectivity index (χ1n) is 6.41. The fraction of sp³-hybridized carbons (Fsp3) is 0.0667. The van der Waals surface area contributed by atoms with E-state index in [2.05, 4.69) is 48.6 Å². The number of hydrogen-bond acceptors (Lipinski definition) is 3. The molecule has 0 fully saturated rings. The van der Waals surface area contributed by atoms with Crippen molar-refractivity contribution in [2.75, 3.05) is 5.32 Å². The summed E-state index contributed by atoms with van der Waals surface area (Å²) in [6.07, 6.45) is 1.97. The minimum atomic E-state index is 0.0180. The molecule has 2 N–H and O–H groups in total. The van der Waals surface area contributed by atoms with Gasteiger partial charge in [-0.3, -0.25) is 0 Å². The van der Waals surface area contributed by atoms with Gasteiger partial charge in [-0.25, -0.2) is 0 Å². The molecule has 1 aliphatic heterocycles. The van der Waals surface area contributed by atoms with E-state index in [0.29, 0.717) is 0 Å². The van der Waals surface area contributed by atoms with Crippen LogP contribution in [0.25, 0.3) is 10.9 Å².